The summed E-state index contributed by atoms with van der Waals surface area (Å²) in [7, 11) is -3.84. The molecule has 186 valence electrons. The van der Waals surface area contributed by atoms with Crippen molar-refractivity contribution in [2.45, 2.75) is 130 Å². The van der Waals surface area contributed by atoms with Crippen LogP contribution in [0.4, 0.5) is 0 Å². The van der Waals surface area contributed by atoms with Crippen LogP contribution in [0.25, 0.3) is 0 Å². The van der Waals surface area contributed by atoms with E-state index in [2.05, 4.69) is 65.8 Å². The normalized spacial score (nSPS) is 12.4. The number of unbranched alkanes of at least 4 members (excludes halogenated alkanes) is 4. The summed E-state index contributed by atoms with van der Waals surface area (Å²) in [5.41, 5.74) is 0. The lowest BCUT2D eigenvalue weighted by atomic mass is 10.3. The number of hydrogen-bond donors (Lipinski definition) is 0. The Morgan fingerprint density at radius 1 is 0.469 bits per heavy atom. The molecule has 0 atom stereocenters. The topological polar surface area (TPSA) is 18.5 Å². The first-order chi connectivity index (χ1) is 15.6. The van der Waals surface area contributed by atoms with Crippen molar-refractivity contribution in [2.24, 2.45) is 0 Å². The maximum Gasteiger partial charge on any atom is 0.224 e. The predicted octanol–water partition coefficient (Wildman–Crippen LogP) is 8.05. The lowest BCUT2D eigenvalue weighted by Crippen LogP contribution is -2.54. The molecule has 32 heavy (non-hydrogen) atoms. The van der Waals surface area contributed by atoms with E-state index in [0.717, 1.165) is 26.1 Å². The third-order valence-electron chi connectivity index (χ3n) is 6.84. The predicted molar refractivity (Wildman–Crippen MR) is 149 cm³/mol. The van der Waals surface area contributed by atoms with E-state index in [9.17, 15) is 0 Å². The van der Waals surface area contributed by atoms with Gasteiger partial charge in [0.2, 0.25) is 16.6 Å². The third-order valence-corrected chi connectivity index (χ3v) is 15.8. The van der Waals surface area contributed by atoms with E-state index in [1.807, 2.05) is 0 Å². The number of hydrogen-bond acceptors (Lipinski definition) is 2. The van der Waals surface area contributed by atoms with Crippen LogP contribution in [-0.4, -0.2) is 29.8 Å². The van der Waals surface area contributed by atoms with Gasteiger partial charge in [-0.2, -0.15) is 0 Å². The summed E-state index contributed by atoms with van der Waals surface area (Å²) in [5, 5.41) is 3.06. The first-order valence-electron chi connectivity index (χ1n) is 14.0. The summed E-state index contributed by atoms with van der Waals surface area (Å²) >= 11 is 0. The van der Waals surface area contributed by atoms with Gasteiger partial charge in [-0.25, -0.2) is 0 Å². The lowest BCUT2D eigenvalue weighted by Gasteiger charge is -2.35. The standard InChI is InChI=1S/C28H54O2Si2/c1-7-13-23-31(24-14-8-2,29-21-11-5)27-17-19-28(20-18-27)32(25-15-9-3,26-16-10-4)30-22-12-6/h17-20H,7-16,21-26H2,1-6H3. The maximum absolute atomic E-state index is 6.81. The van der Waals surface area contributed by atoms with Gasteiger partial charge in [0, 0.05) is 13.2 Å². The minimum Gasteiger partial charge on any atom is -0.412 e. The van der Waals surface area contributed by atoms with Crippen molar-refractivity contribution in [1.82, 2.24) is 0 Å². The molecule has 0 saturated heterocycles. The largest absolute Gasteiger partial charge is 0.412 e. The Balaban J connectivity index is 3.34. The van der Waals surface area contributed by atoms with Crippen molar-refractivity contribution in [3.05, 3.63) is 24.3 Å². The van der Waals surface area contributed by atoms with Gasteiger partial charge in [0.1, 0.15) is 0 Å². The molecule has 0 aromatic heterocycles. The Kier molecular flexibility index (Phi) is 15.8. The third kappa shape index (κ3) is 9.08. The Hall–Kier alpha value is -0.426. The van der Waals surface area contributed by atoms with Crippen LogP contribution in [0.15, 0.2) is 24.3 Å². The van der Waals surface area contributed by atoms with E-state index >= 15 is 0 Å². The second-order valence-corrected chi connectivity index (χ2v) is 17.4. The summed E-state index contributed by atoms with van der Waals surface area (Å²) in [6.07, 6.45) is 12.4. The van der Waals surface area contributed by atoms with Crippen molar-refractivity contribution in [1.29, 1.82) is 0 Å². The highest BCUT2D eigenvalue weighted by atomic mass is 28.4. The van der Waals surface area contributed by atoms with Gasteiger partial charge in [0.05, 0.1) is 0 Å². The minimum absolute atomic E-state index is 0.909. The van der Waals surface area contributed by atoms with E-state index in [1.54, 1.807) is 0 Å². The van der Waals surface area contributed by atoms with Gasteiger partial charge in [-0.15, -0.1) is 0 Å². The van der Waals surface area contributed by atoms with Crippen molar-refractivity contribution in [2.75, 3.05) is 13.2 Å². The zero-order chi connectivity index (χ0) is 23.7. The van der Waals surface area contributed by atoms with Crippen molar-refractivity contribution in [3.8, 4) is 0 Å². The highest BCUT2D eigenvalue weighted by Gasteiger charge is 2.39. The highest BCUT2D eigenvalue weighted by Crippen LogP contribution is 2.26. The van der Waals surface area contributed by atoms with Gasteiger partial charge >= 0.3 is 0 Å². The van der Waals surface area contributed by atoms with E-state index in [-0.39, 0.29) is 0 Å². The summed E-state index contributed by atoms with van der Waals surface area (Å²) < 4.78 is 13.6. The van der Waals surface area contributed by atoms with Crippen molar-refractivity contribution < 1.29 is 8.85 Å². The SMILES string of the molecule is CCCC[Si](CCCC)(OCCC)c1ccc([Si](CCCC)(CCCC)OCCC)cc1. The molecule has 0 N–H and O–H groups in total. The molecule has 0 heterocycles. The molecule has 0 amide bonds. The first-order valence-corrected chi connectivity index (χ1v) is 18.6. The fraction of sp³-hybridized carbons (Fsp3) is 0.786. The van der Waals surface area contributed by atoms with Crippen LogP contribution < -0.4 is 10.4 Å². The molecule has 0 aliphatic carbocycles. The van der Waals surface area contributed by atoms with E-state index in [4.69, 9.17) is 8.85 Å². The first kappa shape index (κ1) is 29.6. The fourth-order valence-corrected chi connectivity index (χ4v) is 13.8. The fourth-order valence-electron chi connectivity index (χ4n) is 4.80. The quantitative estimate of drug-likeness (QED) is 0.176. The molecule has 1 rings (SSSR count). The van der Waals surface area contributed by atoms with Gasteiger partial charge in [0.15, 0.2) is 0 Å². The van der Waals surface area contributed by atoms with Crippen molar-refractivity contribution in [3.63, 3.8) is 0 Å². The molecule has 4 heteroatoms. The molecule has 1 aromatic rings. The molecule has 0 bridgehead atoms. The molecular weight excluding hydrogens is 424 g/mol. The van der Waals surface area contributed by atoms with Crippen molar-refractivity contribution >= 4 is 27.0 Å². The van der Waals surface area contributed by atoms with Crippen LogP contribution in [0.2, 0.25) is 24.2 Å². The molecule has 0 saturated carbocycles. The minimum atomic E-state index is -1.92. The Morgan fingerprint density at radius 3 is 0.969 bits per heavy atom. The Morgan fingerprint density at radius 2 is 0.750 bits per heavy atom. The van der Waals surface area contributed by atoms with Gasteiger partial charge in [-0.1, -0.05) is 117 Å². The summed E-state index contributed by atoms with van der Waals surface area (Å²) in [4.78, 5) is 0. The zero-order valence-corrected chi connectivity index (χ0v) is 24.4. The van der Waals surface area contributed by atoms with E-state index in [0.29, 0.717) is 0 Å². The molecule has 0 spiro atoms. The number of benzene rings is 1. The smallest absolute Gasteiger partial charge is 0.224 e. The van der Waals surface area contributed by atoms with Gasteiger partial charge in [0.25, 0.3) is 0 Å². The average molecular weight is 479 g/mol. The summed E-state index contributed by atoms with van der Waals surface area (Å²) in [6.45, 7) is 15.6. The highest BCUT2D eigenvalue weighted by molar-refractivity contribution is 6.88. The summed E-state index contributed by atoms with van der Waals surface area (Å²) in [6, 6.07) is 14.9. The average Bonchev–Trinajstić information content (AvgIpc) is 2.84. The van der Waals surface area contributed by atoms with Crippen LogP contribution in [0.3, 0.4) is 0 Å². The molecule has 0 unspecified atom stereocenters. The summed E-state index contributed by atoms with van der Waals surface area (Å²) in [5.74, 6) is 0. The number of rotatable bonds is 20. The van der Waals surface area contributed by atoms with Gasteiger partial charge < -0.3 is 8.85 Å². The molecule has 1 aromatic carbocycles. The van der Waals surface area contributed by atoms with Gasteiger partial charge in [-0.3, -0.25) is 0 Å². The van der Waals surface area contributed by atoms with Crippen LogP contribution in [0, 0.1) is 0 Å². The second-order valence-electron chi connectivity index (χ2n) is 9.68. The molecular formula is C28H54O2Si2. The Bertz CT molecular complexity index is 479. The molecule has 0 aliphatic heterocycles. The molecule has 2 nitrogen and oxygen atoms in total. The molecule has 0 radical (unpaired) electrons. The zero-order valence-electron chi connectivity index (χ0n) is 22.4. The molecule has 0 fully saturated rings. The second kappa shape index (κ2) is 17.1. The van der Waals surface area contributed by atoms with E-state index < -0.39 is 16.6 Å². The van der Waals surface area contributed by atoms with E-state index in [1.165, 1.54) is 85.9 Å². The van der Waals surface area contributed by atoms with Crippen LogP contribution in [0.5, 0.6) is 0 Å². The van der Waals surface area contributed by atoms with Crippen LogP contribution in [0.1, 0.15) is 106 Å². The Labute approximate surface area is 203 Å². The lowest BCUT2D eigenvalue weighted by molar-refractivity contribution is 0.303. The van der Waals surface area contributed by atoms with Crippen LogP contribution in [-0.2, 0) is 8.85 Å². The van der Waals surface area contributed by atoms with Gasteiger partial charge in [-0.05, 0) is 47.4 Å². The monoisotopic (exact) mass is 478 g/mol. The van der Waals surface area contributed by atoms with Crippen LogP contribution >= 0.6 is 0 Å². The maximum atomic E-state index is 6.81. The molecule has 0 aliphatic rings.